The zero-order valence-corrected chi connectivity index (χ0v) is 15.9. The summed E-state index contributed by atoms with van der Waals surface area (Å²) >= 11 is 0. The van der Waals surface area contributed by atoms with Gasteiger partial charge < -0.3 is 15.4 Å². The van der Waals surface area contributed by atoms with Crippen molar-refractivity contribution in [3.63, 3.8) is 0 Å². The molecule has 2 atom stereocenters. The summed E-state index contributed by atoms with van der Waals surface area (Å²) < 4.78 is 5.31. The quantitative estimate of drug-likeness (QED) is 0.755. The van der Waals surface area contributed by atoms with E-state index in [-0.39, 0.29) is 24.8 Å². The fraction of sp³-hybridized carbons (Fsp3) is 0.474. The first kappa shape index (κ1) is 20.4. The van der Waals surface area contributed by atoms with Crippen molar-refractivity contribution in [1.82, 2.24) is 5.32 Å². The first-order valence-corrected chi connectivity index (χ1v) is 8.79. The highest BCUT2D eigenvalue weighted by atomic mass is 16.5. The van der Waals surface area contributed by atoms with Crippen LogP contribution in [0, 0.1) is 25.7 Å². The predicted molar refractivity (Wildman–Crippen MR) is 98.8 cm³/mol. The maximum atomic E-state index is 12.5. The summed E-state index contributed by atoms with van der Waals surface area (Å²) in [7, 11) is 0. The van der Waals surface area contributed by atoms with Gasteiger partial charge >= 0.3 is 12.0 Å². The number of esters is 1. The molecule has 1 aliphatic heterocycles. The van der Waals surface area contributed by atoms with Gasteiger partial charge in [-0.1, -0.05) is 26.0 Å². The Morgan fingerprint density at radius 2 is 1.93 bits per heavy atom. The molecule has 1 saturated heterocycles. The van der Waals surface area contributed by atoms with E-state index in [9.17, 15) is 19.2 Å². The molecule has 0 spiro atoms. The number of urea groups is 1. The number of aryl methyl sites for hydroxylation is 1. The largest absolute Gasteiger partial charge is 0.452 e. The fourth-order valence-electron chi connectivity index (χ4n) is 3.03. The van der Waals surface area contributed by atoms with Gasteiger partial charge in [-0.2, -0.15) is 0 Å². The standard InChI is InChI=1S/C19H25N3O5/c1-10(2)16(17(24)21-19(20)26)27-18(25)13-8-15(23)22(9-13)14-7-5-6-11(3)12(14)4/h5-7,10,13,16H,8-9H2,1-4H3,(H3,20,21,24,26)/t13-,16-/m1/s1. The Hall–Kier alpha value is -2.90. The molecule has 4 amide bonds. The number of hydrogen-bond donors (Lipinski definition) is 2. The van der Waals surface area contributed by atoms with Crippen LogP contribution < -0.4 is 16.0 Å². The lowest BCUT2D eigenvalue weighted by molar-refractivity contribution is -0.161. The minimum absolute atomic E-state index is 0.00840. The number of carbonyl (C=O) groups excluding carboxylic acids is 4. The summed E-state index contributed by atoms with van der Waals surface area (Å²) in [4.78, 5) is 49.4. The molecule has 27 heavy (non-hydrogen) atoms. The summed E-state index contributed by atoms with van der Waals surface area (Å²) in [5.74, 6) is -2.63. The number of rotatable bonds is 5. The highest BCUT2D eigenvalue weighted by Gasteiger charge is 2.39. The maximum absolute atomic E-state index is 12.5. The third-order valence-electron chi connectivity index (χ3n) is 4.68. The Balaban J connectivity index is 2.11. The molecule has 0 saturated carbocycles. The number of ether oxygens (including phenoxy) is 1. The molecule has 0 unspecified atom stereocenters. The van der Waals surface area contributed by atoms with E-state index >= 15 is 0 Å². The van der Waals surface area contributed by atoms with Crippen LogP contribution in [0.15, 0.2) is 18.2 Å². The third kappa shape index (κ3) is 4.64. The molecule has 8 nitrogen and oxygen atoms in total. The van der Waals surface area contributed by atoms with E-state index in [0.717, 1.165) is 16.8 Å². The summed E-state index contributed by atoms with van der Waals surface area (Å²) in [5, 5.41) is 1.92. The van der Waals surface area contributed by atoms with E-state index in [0.29, 0.717) is 0 Å². The van der Waals surface area contributed by atoms with Crippen LogP contribution in [0.25, 0.3) is 0 Å². The highest BCUT2D eigenvalue weighted by molar-refractivity contribution is 6.01. The monoisotopic (exact) mass is 375 g/mol. The minimum atomic E-state index is -1.16. The van der Waals surface area contributed by atoms with Gasteiger partial charge in [-0.3, -0.25) is 19.7 Å². The summed E-state index contributed by atoms with van der Waals surface area (Å²) in [5.41, 5.74) is 7.74. The number of imide groups is 1. The van der Waals surface area contributed by atoms with Gasteiger partial charge in [0.2, 0.25) is 5.91 Å². The van der Waals surface area contributed by atoms with Crippen molar-refractivity contribution in [3.05, 3.63) is 29.3 Å². The van der Waals surface area contributed by atoms with Gasteiger partial charge in [-0.05, 0) is 37.0 Å². The Bertz CT molecular complexity index is 775. The topological polar surface area (TPSA) is 119 Å². The Morgan fingerprint density at radius 1 is 1.26 bits per heavy atom. The third-order valence-corrected chi connectivity index (χ3v) is 4.68. The van der Waals surface area contributed by atoms with Crippen LogP contribution in [0.1, 0.15) is 31.4 Å². The number of primary amides is 1. The van der Waals surface area contributed by atoms with Crippen LogP contribution in [0.5, 0.6) is 0 Å². The number of nitrogens with zero attached hydrogens (tertiary/aromatic N) is 1. The second-order valence-corrected chi connectivity index (χ2v) is 7.08. The van der Waals surface area contributed by atoms with Crippen molar-refractivity contribution in [1.29, 1.82) is 0 Å². The van der Waals surface area contributed by atoms with Crippen LogP contribution in [0.3, 0.4) is 0 Å². The molecule has 0 aromatic heterocycles. The maximum Gasteiger partial charge on any atom is 0.318 e. The predicted octanol–water partition coefficient (Wildman–Crippen LogP) is 1.42. The van der Waals surface area contributed by atoms with Gasteiger partial charge in [0, 0.05) is 18.7 Å². The van der Waals surface area contributed by atoms with Crippen molar-refractivity contribution in [3.8, 4) is 0 Å². The Morgan fingerprint density at radius 3 is 2.52 bits per heavy atom. The zero-order valence-electron chi connectivity index (χ0n) is 15.9. The molecule has 1 heterocycles. The average Bonchev–Trinajstić information content (AvgIpc) is 2.95. The van der Waals surface area contributed by atoms with Gasteiger partial charge in [0.25, 0.3) is 5.91 Å². The first-order chi connectivity index (χ1) is 12.6. The van der Waals surface area contributed by atoms with E-state index in [1.165, 1.54) is 0 Å². The molecule has 146 valence electrons. The van der Waals surface area contributed by atoms with E-state index in [1.54, 1.807) is 18.7 Å². The van der Waals surface area contributed by atoms with Gasteiger partial charge in [0.1, 0.15) is 0 Å². The Labute approximate surface area is 158 Å². The molecule has 1 aromatic rings. The summed E-state index contributed by atoms with van der Waals surface area (Å²) in [6.45, 7) is 7.42. The SMILES string of the molecule is Cc1cccc(N2C[C@H](C(=O)O[C@@H](C(=O)NC(N)=O)C(C)C)CC2=O)c1C. The fourth-order valence-corrected chi connectivity index (χ4v) is 3.03. The molecule has 2 rings (SSSR count). The van der Waals surface area contributed by atoms with Gasteiger partial charge in [-0.15, -0.1) is 0 Å². The lowest BCUT2D eigenvalue weighted by Gasteiger charge is -2.22. The average molecular weight is 375 g/mol. The molecule has 8 heteroatoms. The number of carbonyl (C=O) groups is 4. The van der Waals surface area contributed by atoms with Crippen LogP contribution in [-0.4, -0.2) is 36.5 Å². The second-order valence-electron chi connectivity index (χ2n) is 7.08. The molecule has 0 bridgehead atoms. The number of anilines is 1. The smallest absolute Gasteiger partial charge is 0.318 e. The first-order valence-electron chi connectivity index (χ1n) is 8.79. The van der Waals surface area contributed by atoms with Crippen molar-refractivity contribution in [2.24, 2.45) is 17.6 Å². The van der Waals surface area contributed by atoms with E-state index in [1.807, 2.05) is 37.4 Å². The molecule has 1 fully saturated rings. The summed E-state index contributed by atoms with van der Waals surface area (Å²) in [6.07, 6.45) is -1.15. The van der Waals surface area contributed by atoms with Gasteiger partial charge in [-0.25, -0.2) is 4.79 Å². The number of benzene rings is 1. The summed E-state index contributed by atoms with van der Waals surface area (Å²) in [6, 6.07) is 4.64. The molecule has 0 aliphatic carbocycles. The number of nitrogens with two attached hydrogens (primary N) is 1. The number of amides is 4. The zero-order chi connectivity index (χ0) is 20.3. The van der Waals surface area contributed by atoms with E-state index < -0.39 is 29.9 Å². The van der Waals surface area contributed by atoms with Crippen molar-refractivity contribution in [2.75, 3.05) is 11.4 Å². The molecule has 1 aliphatic rings. The van der Waals surface area contributed by atoms with E-state index in [2.05, 4.69) is 0 Å². The normalized spacial score (nSPS) is 17.7. The lowest BCUT2D eigenvalue weighted by Crippen LogP contribution is -2.46. The number of nitrogens with one attached hydrogen (secondary N) is 1. The van der Waals surface area contributed by atoms with Crippen molar-refractivity contribution >= 4 is 29.5 Å². The highest BCUT2D eigenvalue weighted by Crippen LogP contribution is 2.30. The minimum Gasteiger partial charge on any atom is -0.452 e. The Kier molecular flexibility index (Phi) is 6.20. The van der Waals surface area contributed by atoms with Crippen LogP contribution >= 0.6 is 0 Å². The van der Waals surface area contributed by atoms with Gasteiger partial charge in [0.05, 0.1) is 5.92 Å². The van der Waals surface area contributed by atoms with E-state index in [4.69, 9.17) is 10.5 Å². The van der Waals surface area contributed by atoms with Gasteiger partial charge in [0.15, 0.2) is 6.10 Å². The van der Waals surface area contributed by atoms with Crippen LogP contribution in [0.4, 0.5) is 10.5 Å². The van der Waals surface area contributed by atoms with Crippen molar-refractivity contribution < 1.29 is 23.9 Å². The lowest BCUT2D eigenvalue weighted by atomic mass is 10.1. The molecular weight excluding hydrogens is 350 g/mol. The van der Waals surface area contributed by atoms with Crippen LogP contribution in [-0.2, 0) is 19.1 Å². The van der Waals surface area contributed by atoms with Crippen LogP contribution in [0.2, 0.25) is 0 Å². The molecule has 3 N–H and O–H groups in total. The molecule has 0 radical (unpaired) electrons. The molecule has 1 aromatic carbocycles. The van der Waals surface area contributed by atoms with Crippen molar-refractivity contribution in [2.45, 2.75) is 40.2 Å². The number of hydrogen-bond acceptors (Lipinski definition) is 5. The molecular formula is C19H25N3O5. The second kappa shape index (κ2) is 8.20.